The number of aliphatic hydroxyl groups is 1. The van der Waals surface area contributed by atoms with Crippen LogP contribution in [0.15, 0.2) is 12.7 Å². The van der Waals surface area contributed by atoms with Gasteiger partial charge in [0.05, 0.1) is 6.10 Å². The first-order chi connectivity index (χ1) is 7.50. The van der Waals surface area contributed by atoms with Crippen molar-refractivity contribution in [2.24, 2.45) is 5.41 Å². The Morgan fingerprint density at radius 3 is 2.44 bits per heavy atom. The van der Waals surface area contributed by atoms with Gasteiger partial charge in [-0.3, -0.25) is 0 Å². The maximum absolute atomic E-state index is 9.78. The molecule has 0 aliphatic rings. The van der Waals surface area contributed by atoms with Crippen LogP contribution in [0, 0.1) is 5.41 Å². The maximum atomic E-state index is 9.78. The van der Waals surface area contributed by atoms with E-state index in [2.05, 4.69) is 32.7 Å². The van der Waals surface area contributed by atoms with Crippen molar-refractivity contribution in [2.75, 3.05) is 6.54 Å². The van der Waals surface area contributed by atoms with Crippen LogP contribution < -0.4 is 5.32 Å². The number of hydrogen-bond acceptors (Lipinski definition) is 2. The molecule has 2 N–H and O–H groups in total. The minimum atomic E-state index is -0.262. The van der Waals surface area contributed by atoms with Crippen molar-refractivity contribution in [2.45, 2.75) is 65.5 Å². The third-order valence-corrected chi connectivity index (χ3v) is 3.82. The van der Waals surface area contributed by atoms with Crippen molar-refractivity contribution in [1.82, 2.24) is 5.32 Å². The van der Waals surface area contributed by atoms with E-state index in [-0.39, 0.29) is 11.5 Å². The summed E-state index contributed by atoms with van der Waals surface area (Å²) in [5.74, 6) is 0. The molecule has 0 aliphatic carbocycles. The molecule has 2 nitrogen and oxygen atoms in total. The summed E-state index contributed by atoms with van der Waals surface area (Å²) in [6, 6.07) is 0.544. The highest BCUT2D eigenvalue weighted by Gasteiger charge is 2.28. The monoisotopic (exact) mass is 227 g/mol. The summed E-state index contributed by atoms with van der Waals surface area (Å²) >= 11 is 0. The van der Waals surface area contributed by atoms with Gasteiger partial charge in [0, 0.05) is 18.0 Å². The van der Waals surface area contributed by atoms with Crippen molar-refractivity contribution < 1.29 is 5.11 Å². The number of allylic oxidation sites excluding steroid dienone is 1. The summed E-state index contributed by atoms with van der Waals surface area (Å²) in [6.07, 6.45) is 6.03. The van der Waals surface area contributed by atoms with E-state index in [1.54, 1.807) is 0 Å². The molecule has 0 aromatic heterocycles. The lowest BCUT2D eigenvalue weighted by Gasteiger charge is -2.33. The van der Waals surface area contributed by atoms with E-state index < -0.39 is 0 Å². The van der Waals surface area contributed by atoms with Gasteiger partial charge < -0.3 is 10.4 Å². The van der Waals surface area contributed by atoms with Gasteiger partial charge >= 0.3 is 0 Å². The number of aliphatic hydroxyl groups excluding tert-OH is 1. The molecular formula is C14H29NO. The predicted octanol–water partition coefficient (Wildman–Crippen LogP) is 3.12. The van der Waals surface area contributed by atoms with Gasteiger partial charge in [0.2, 0.25) is 0 Å². The number of nitrogens with one attached hydrogen (secondary N) is 1. The van der Waals surface area contributed by atoms with Crippen LogP contribution in [0.1, 0.15) is 53.4 Å². The summed E-state index contributed by atoms with van der Waals surface area (Å²) < 4.78 is 0. The topological polar surface area (TPSA) is 32.3 Å². The van der Waals surface area contributed by atoms with Gasteiger partial charge in [0.25, 0.3) is 0 Å². The fourth-order valence-electron chi connectivity index (χ4n) is 1.72. The fraction of sp³-hybridized carbons (Fsp3) is 0.857. The Labute approximate surface area is 101 Å². The molecule has 0 amide bonds. The standard InChI is InChI=1S/C14H29NO/c1-6-9-10-13(7-2)15-11-14(5,8-3)12(4)16/h6,12-13,15-16H,1,7-11H2,2-5H3. The number of rotatable bonds is 9. The second-order valence-corrected chi connectivity index (χ2v) is 5.04. The SMILES string of the molecule is C=CCCC(CC)NCC(C)(CC)C(C)O. The van der Waals surface area contributed by atoms with Gasteiger partial charge in [-0.1, -0.05) is 26.8 Å². The quantitative estimate of drug-likeness (QED) is 0.593. The first kappa shape index (κ1) is 15.7. The van der Waals surface area contributed by atoms with E-state index in [0.717, 1.165) is 32.2 Å². The zero-order valence-corrected chi connectivity index (χ0v) is 11.4. The second-order valence-electron chi connectivity index (χ2n) is 5.04. The highest BCUT2D eigenvalue weighted by atomic mass is 16.3. The third-order valence-electron chi connectivity index (χ3n) is 3.82. The van der Waals surface area contributed by atoms with Crippen LogP contribution in [0.3, 0.4) is 0 Å². The molecular weight excluding hydrogens is 198 g/mol. The van der Waals surface area contributed by atoms with Crippen molar-refractivity contribution in [3.8, 4) is 0 Å². The Morgan fingerprint density at radius 2 is 2.06 bits per heavy atom. The Hall–Kier alpha value is -0.340. The Balaban J connectivity index is 4.11. The van der Waals surface area contributed by atoms with Crippen molar-refractivity contribution >= 4 is 0 Å². The van der Waals surface area contributed by atoms with E-state index >= 15 is 0 Å². The molecule has 3 atom stereocenters. The van der Waals surface area contributed by atoms with Crippen molar-refractivity contribution in [1.29, 1.82) is 0 Å². The number of hydrogen-bond donors (Lipinski definition) is 2. The minimum absolute atomic E-state index is 0.0123. The van der Waals surface area contributed by atoms with Gasteiger partial charge in [-0.15, -0.1) is 6.58 Å². The van der Waals surface area contributed by atoms with Crippen LogP contribution in [-0.4, -0.2) is 23.8 Å². The lowest BCUT2D eigenvalue weighted by Crippen LogP contribution is -2.43. The van der Waals surface area contributed by atoms with Crippen molar-refractivity contribution in [3.63, 3.8) is 0 Å². The zero-order valence-electron chi connectivity index (χ0n) is 11.4. The summed E-state index contributed by atoms with van der Waals surface area (Å²) in [5.41, 5.74) is -0.0123. The van der Waals surface area contributed by atoms with E-state index in [9.17, 15) is 5.11 Å². The Kier molecular flexibility index (Phi) is 7.69. The maximum Gasteiger partial charge on any atom is 0.0577 e. The van der Waals surface area contributed by atoms with Crippen LogP contribution in [0.25, 0.3) is 0 Å². The molecule has 0 radical (unpaired) electrons. The van der Waals surface area contributed by atoms with E-state index in [4.69, 9.17) is 0 Å². The van der Waals surface area contributed by atoms with Crippen LogP contribution in [0.2, 0.25) is 0 Å². The highest BCUT2D eigenvalue weighted by Crippen LogP contribution is 2.25. The summed E-state index contributed by atoms with van der Waals surface area (Å²) in [5, 5.41) is 13.3. The molecule has 0 heterocycles. The van der Waals surface area contributed by atoms with Gasteiger partial charge in [0.15, 0.2) is 0 Å². The molecule has 0 bridgehead atoms. The second kappa shape index (κ2) is 7.86. The predicted molar refractivity (Wildman–Crippen MR) is 71.6 cm³/mol. The molecule has 0 fully saturated rings. The summed E-state index contributed by atoms with van der Waals surface area (Å²) in [7, 11) is 0. The first-order valence-corrected chi connectivity index (χ1v) is 6.52. The van der Waals surface area contributed by atoms with Gasteiger partial charge in [0.1, 0.15) is 0 Å². The Bertz CT molecular complexity index is 191. The van der Waals surface area contributed by atoms with Crippen LogP contribution in [0.5, 0.6) is 0 Å². The molecule has 0 aromatic rings. The summed E-state index contributed by atoms with van der Waals surface area (Å²) in [4.78, 5) is 0. The minimum Gasteiger partial charge on any atom is -0.393 e. The van der Waals surface area contributed by atoms with E-state index in [1.165, 1.54) is 0 Å². The molecule has 16 heavy (non-hydrogen) atoms. The molecule has 3 unspecified atom stereocenters. The zero-order chi connectivity index (χ0) is 12.6. The van der Waals surface area contributed by atoms with Crippen molar-refractivity contribution in [3.05, 3.63) is 12.7 Å². The molecule has 0 rings (SSSR count). The smallest absolute Gasteiger partial charge is 0.0577 e. The van der Waals surface area contributed by atoms with Crippen LogP contribution >= 0.6 is 0 Å². The normalized spacial score (nSPS) is 18.8. The molecule has 0 saturated heterocycles. The lowest BCUT2D eigenvalue weighted by atomic mass is 9.82. The summed E-state index contributed by atoms with van der Waals surface area (Å²) in [6.45, 7) is 13.0. The molecule has 0 aromatic carbocycles. The van der Waals surface area contributed by atoms with Gasteiger partial charge in [-0.2, -0.15) is 0 Å². The average molecular weight is 227 g/mol. The molecule has 0 saturated carbocycles. The molecule has 96 valence electrons. The van der Waals surface area contributed by atoms with E-state index in [1.807, 2.05) is 13.0 Å². The van der Waals surface area contributed by atoms with E-state index in [0.29, 0.717) is 6.04 Å². The van der Waals surface area contributed by atoms with Gasteiger partial charge in [-0.05, 0) is 32.6 Å². The third kappa shape index (κ3) is 5.13. The largest absolute Gasteiger partial charge is 0.393 e. The average Bonchev–Trinajstić information content (AvgIpc) is 2.28. The van der Waals surface area contributed by atoms with Gasteiger partial charge in [-0.25, -0.2) is 0 Å². The molecule has 2 heteroatoms. The lowest BCUT2D eigenvalue weighted by molar-refractivity contribution is 0.0466. The molecule has 0 spiro atoms. The fourth-order valence-corrected chi connectivity index (χ4v) is 1.72. The first-order valence-electron chi connectivity index (χ1n) is 6.52. The van der Waals surface area contributed by atoms with Crippen LogP contribution in [0.4, 0.5) is 0 Å². The molecule has 0 aliphatic heterocycles. The highest BCUT2D eigenvalue weighted by molar-refractivity contribution is 4.83. The van der Waals surface area contributed by atoms with Crippen LogP contribution in [-0.2, 0) is 0 Å². The Morgan fingerprint density at radius 1 is 1.44 bits per heavy atom.